The Morgan fingerprint density at radius 3 is 2.84 bits per heavy atom. The molecule has 1 amide bonds. The molecule has 4 aromatic rings. The number of nitriles is 1. The highest BCUT2D eigenvalue weighted by molar-refractivity contribution is 7.98. The van der Waals surface area contributed by atoms with E-state index in [9.17, 15) is 10.1 Å². The monoisotopic (exact) mass is 464 g/mol. The summed E-state index contributed by atoms with van der Waals surface area (Å²) in [6.07, 6.45) is 2.99. The average Bonchev–Trinajstić information content (AvgIpc) is 3.58. The van der Waals surface area contributed by atoms with Crippen molar-refractivity contribution in [3.63, 3.8) is 0 Å². The number of furan rings is 2. The second-order valence-electron chi connectivity index (χ2n) is 6.25. The van der Waals surface area contributed by atoms with Crippen molar-refractivity contribution in [2.24, 2.45) is 0 Å². The van der Waals surface area contributed by atoms with Crippen LogP contribution in [-0.2, 0) is 17.2 Å². The lowest BCUT2D eigenvalue weighted by atomic mass is 10.2. The summed E-state index contributed by atoms with van der Waals surface area (Å²) >= 11 is 2.62. The highest BCUT2D eigenvalue weighted by Crippen LogP contribution is 2.26. The Morgan fingerprint density at radius 2 is 2.06 bits per heavy atom. The van der Waals surface area contributed by atoms with Gasteiger partial charge in [0.1, 0.15) is 35.5 Å². The van der Waals surface area contributed by atoms with E-state index in [-0.39, 0.29) is 17.3 Å². The van der Waals surface area contributed by atoms with Crippen LogP contribution in [0.2, 0.25) is 0 Å². The summed E-state index contributed by atoms with van der Waals surface area (Å²) < 4.78 is 16.6. The van der Waals surface area contributed by atoms with Gasteiger partial charge in [0.25, 0.3) is 5.91 Å². The molecule has 160 valence electrons. The Hall–Kier alpha value is -3.81. The molecule has 0 bridgehead atoms. The number of nitrogens with one attached hydrogen (secondary N) is 1. The predicted molar refractivity (Wildman–Crippen MR) is 120 cm³/mol. The van der Waals surface area contributed by atoms with Crippen LogP contribution in [0.5, 0.6) is 5.75 Å². The van der Waals surface area contributed by atoms with Gasteiger partial charge in [-0.25, -0.2) is 0 Å². The largest absolute Gasteiger partial charge is 0.486 e. The molecule has 1 N–H and O–H groups in total. The first-order chi connectivity index (χ1) is 15.7. The minimum Gasteiger partial charge on any atom is -0.486 e. The number of thioether (sulfide) groups is 1. The molecule has 0 aliphatic rings. The number of anilines is 1. The Labute approximate surface area is 191 Å². The van der Waals surface area contributed by atoms with Crippen LogP contribution >= 0.6 is 23.1 Å². The number of para-hydroxylation sites is 1. The summed E-state index contributed by atoms with van der Waals surface area (Å²) in [5, 5.41) is 21.4. The molecule has 0 aliphatic heterocycles. The Morgan fingerprint density at radius 1 is 1.19 bits per heavy atom. The van der Waals surface area contributed by atoms with E-state index in [0.29, 0.717) is 27.4 Å². The van der Waals surface area contributed by atoms with Crippen LogP contribution in [0.1, 0.15) is 16.5 Å². The number of benzene rings is 1. The molecule has 0 unspecified atom stereocenters. The Balaban J connectivity index is 1.33. The number of aromatic nitrogens is 2. The quantitative estimate of drug-likeness (QED) is 0.206. The summed E-state index contributed by atoms with van der Waals surface area (Å²) in [4.78, 5) is 12.5. The van der Waals surface area contributed by atoms with Crippen LogP contribution in [0.3, 0.4) is 0 Å². The number of amides is 1. The molecule has 32 heavy (non-hydrogen) atoms. The molecule has 0 saturated carbocycles. The maximum atomic E-state index is 12.5. The zero-order chi connectivity index (χ0) is 22.2. The van der Waals surface area contributed by atoms with Gasteiger partial charge in [-0.15, -0.1) is 10.2 Å². The van der Waals surface area contributed by atoms with Gasteiger partial charge in [0.2, 0.25) is 5.13 Å². The number of hydrogen-bond donors (Lipinski definition) is 1. The van der Waals surface area contributed by atoms with Crippen molar-refractivity contribution in [2.45, 2.75) is 17.5 Å². The van der Waals surface area contributed by atoms with Crippen LogP contribution in [0.4, 0.5) is 5.13 Å². The van der Waals surface area contributed by atoms with E-state index in [0.717, 1.165) is 5.76 Å². The smallest absolute Gasteiger partial charge is 0.268 e. The van der Waals surface area contributed by atoms with Crippen molar-refractivity contribution in [3.8, 4) is 11.8 Å². The predicted octanol–water partition coefficient (Wildman–Crippen LogP) is 5.14. The van der Waals surface area contributed by atoms with Crippen molar-refractivity contribution >= 4 is 40.2 Å². The molecular weight excluding hydrogens is 448 g/mol. The number of nitrogens with zero attached hydrogens (tertiary/aromatic N) is 3. The van der Waals surface area contributed by atoms with Gasteiger partial charge < -0.3 is 13.6 Å². The molecule has 3 heterocycles. The molecule has 0 spiro atoms. The van der Waals surface area contributed by atoms with E-state index in [1.165, 1.54) is 29.2 Å². The zero-order valence-corrected chi connectivity index (χ0v) is 18.2. The van der Waals surface area contributed by atoms with Gasteiger partial charge in [-0.3, -0.25) is 10.1 Å². The van der Waals surface area contributed by atoms with Crippen LogP contribution < -0.4 is 10.1 Å². The van der Waals surface area contributed by atoms with Gasteiger partial charge in [-0.05, 0) is 36.4 Å². The molecule has 0 fully saturated rings. The lowest BCUT2D eigenvalue weighted by Gasteiger charge is -2.02. The van der Waals surface area contributed by atoms with E-state index < -0.39 is 5.91 Å². The lowest BCUT2D eigenvalue weighted by Crippen LogP contribution is -2.13. The van der Waals surface area contributed by atoms with Gasteiger partial charge in [0.05, 0.1) is 12.0 Å². The third-order valence-electron chi connectivity index (χ3n) is 3.98. The Bertz CT molecular complexity index is 1240. The molecule has 0 atom stereocenters. The van der Waals surface area contributed by atoms with Crippen molar-refractivity contribution < 1.29 is 18.4 Å². The summed E-state index contributed by atoms with van der Waals surface area (Å²) in [5.41, 5.74) is -0.112. The third kappa shape index (κ3) is 5.87. The number of ether oxygens (including phenoxy) is 1. The summed E-state index contributed by atoms with van der Waals surface area (Å²) in [6.45, 7) is 0.226. The first kappa shape index (κ1) is 21.4. The molecule has 3 aromatic heterocycles. The van der Waals surface area contributed by atoms with Gasteiger partial charge in [-0.2, -0.15) is 5.26 Å². The van der Waals surface area contributed by atoms with Crippen molar-refractivity contribution in [3.05, 3.63) is 83.0 Å². The number of hydrogen-bond acceptors (Lipinski definition) is 9. The van der Waals surface area contributed by atoms with Gasteiger partial charge in [0.15, 0.2) is 10.1 Å². The zero-order valence-electron chi connectivity index (χ0n) is 16.6. The van der Waals surface area contributed by atoms with E-state index in [1.807, 2.05) is 48.5 Å². The first-order valence-electron chi connectivity index (χ1n) is 9.38. The fraction of sp³-hybridized carbons (Fsp3) is 0.0909. The molecular formula is C22H16N4O4S2. The standard InChI is InChI=1S/C22H16N4O4S2/c23-12-15(11-17-8-9-20(30-17)31-14-18-7-4-10-28-18)21(27)24-22-26-25-19(32-22)13-29-16-5-2-1-3-6-16/h1-11H,13-14H2,(H,24,26,27). The summed E-state index contributed by atoms with van der Waals surface area (Å²) in [6, 6.07) is 18.4. The van der Waals surface area contributed by atoms with Crippen LogP contribution in [0.25, 0.3) is 6.08 Å². The molecule has 10 heteroatoms. The highest BCUT2D eigenvalue weighted by atomic mass is 32.2. The molecule has 0 aliphatic carbocycles. The fourth-order valence-corrected chi connectivity index (χ4v) is 3.92. The SMILES string of the molecule is N#CC(=Cc1ccc(SCc2ccco2)o1)C(=O)Nc1nnc(COc2ccccc2)s1. The number of carbonyl (C=O) groups is 1. The molecule has 0 radical (unpaired) electrons. The summed E-state index contributed by atoms with van der Waals surface area (Å²) in [7, 11) is 0. The molecule has 1 aromatic carbocycles. The third-order valence-corrected chi connectivity index (χ3v) is 5.73. The van der Waals surface area contributed by atoms with E-state index >= 15 is 0 Å². The van der Waals surface area contributed by atoms with Gasteiger partial charge in [0, 0.05) is 6.08 Å². The minimum absolute atomic E-state index is 0.112. The van der Waals surface area contributed by atoms with Crippen LogP contribution in [0, 0.1) is 11.3 Å². The lowest BCUT2D eigenvalue weighted by molar-refractivity contribution is -0.112. The maximum Gasteiger partial charge on any atom is 0.268 e. The minimum atomic E-state index is -0.597. The van der Waals surface area contributed by atoms with Crippen molar-refractivity contribution in [1.82, 2.24) is 10.2 Å². The van der Waals surface area contributed by atoms with E-state index in [1.54, 1.807) is 18.4 Å². The average molecular weight is 465 g/mol. The fourth-order valence-electron chi connectivity index (χ4n) is 2.51. The maximum absolute atomic E-state index is 12.5. The summed E-state index contributed by atoms with van der Waals surface area (Å²) in [5.74, 6) is 1.95. The first-order valence-corrected chi connectivity index (χ1v) is 11.2. The molecule has 4 rings (SSSR count). The Kier molecular flexibility index (Phi) is 7.01. The number of carbonyl (C=O) groups excluding carboxylic acids is 1. The highest BCUT2D eigenvalue weighted by Gasteiger charge is 2.14. The van der Waals surface area contributed by atoms with E-state index in [4.69, 9.17) is 13.6 Å². The normalized spacial score (nSPS) is 11.2. The van der Waals surface area contributed by atoms with Gasteiger partial charge in [-0.1, -0.05) is 41.3 Å². The van der Waals surface area contributed by atoms with Crippen molar-refractivity contribution in [1.29, 1.82) is 5.26 Å². The second kappa shape index (κ2) is 10.5. The number of rotatable bonds is 9. The second-order valence-corrected chi connectivity index (χ2v) is 8.29. The van der Waals surface area contributed by atoms with Crippen LogP contribution in [-0.4, -0.2) is 16.1 Å². The molecule has 8 nitrogen and oxygen atoms in total. The van der Waals surface area contributed by atoms with Crippen LogP contribution in [0.15, 0.2) is 80.4 Å². The topological polar surface area (TPSA) is 114 Å². The van der Waals surface area contributed by atoms with E-state index in [2.05, 4.69) is 15.5 Å². The van der Waals surface area contributed by atoms with Gasteiger partial charge >= 0.3 is 0 Å². The van der Waals surface area contributed by atoms with Crippen molar-refractivity contribution in [2.75, 3.05) is 5.32 Å². The molecule has 0 saturated heterocycles.